The lowest BCUT2D eigenvalue weighted by Gasteiger charge is -2.04. The molecule has 1 amide bonds. The Kier molecular flexibility index (Phi) is 7.06. The van der Waals surface area contributed by atoms with Gasteiger partial charge in [0.1, 0.15) is 5.76 Å². The van der Waals surface area contributed by atoms with Gasteiger partial charge in [-0.15, -0.1) is 11.8 Å². The van der Waals surface area contributed by atoms with E-state index in [0.29, 0.717) is 11.6 Å². The Morgan fingerprint density at radius 3 is 2.81 bits per heavy atom. The number of carbonyl (C=O) groups excluding carboxylic acids is 1. The highest BCUT2D eigenvalue weighted by Crippen LogP contribution is 2.38. The molecule has 0 aliphatic carbocycles. The molecule has 0 aliphatic heterocycles. The Morgan fingerprint density at radius 1 is 1.26 bits per heavy atom. The Labute approximate surface area is 167 Å². The fourth-order valence-electron chi connectivity index (χ4n) is 2.55. The Morgan fingerprint density at radius 2 is 2.07 bits per heavy atom. The van der Waals surface area contributed by atoms with Gasteiger partial charge in [-0.05, 0) is 25.3 Å². The van der Waals surface area contributed by atoms with Crippen molar-refractivity contribution < 1.29 is 9.21 Å². The monoisotopic (exact) mass is 401 g/mol. The molecule has 1 atom stereocenters. The molecule has 0 fully saturated rings. The van der Waals surface area contributed by atoms with E-state index in [2.05, 4.69) is 34.3 Å². The lowest BCUT2D eigenvalue weighted by Crippen LogP contribution is -2.11. The van der Waals surface area contributed by atoms with Crippen LogP contribution in [-0.2, 0) is 17.6 Å². The first-order valence-corrected chi connectivity index (χ1v) is 10.7. The number of hydrogen-bond donors (Lipinski definition) is 1. The molecule has 2 aromatic heterocycles. The maximum absolute atomic E-state index is 12.1. The summed E-state index contributed by atoms with van der Waals surface area (Å²) in [6, 6.07) is 10.2. The van der Waals surface area contributed by atoms with E-state index in [4.69, 9.17) is 4.42 Å². The van der Waals surface area contributed by atoms with Gasteiger partial charge in [0.25, 0.3) is 0 Å². The van der Waals surface area contributed by atoms with Gasteiger partial charge in [0.15, 0.2) is 5.13 Å². The van der Waals surface area contributed by atoms with Crippen LogP contribution in [0.4, 0.5) is 5.13 Å². The van der Waals surface area contributed by atoms with Crippen LogP contribution in [0.3, 0.4) is 0 Å². The molecular weight excluding hydrogens is 378 g/mol. The zero-order valence-electron chi connectivity index (χ0n) is 15.5. The van der Waals surface area contributed by atoms with Crippen molar-refractivity contribution in [3.05, 3.63) is 59.9 Å². The number of carbonyl (C=O) groups is 1. The summed E-state index contributed by atoms with van der Waals surface area (Å²) in [5.74, 6) is 1.62. The maximum Gasteiger partial charge on any atom is 0.226 e. The van der Waals surface area contributed by atoms with Gasteiger partial charge in [-0.2, -0.15) is 0 Å². The molecule has 0 spiro atoms. The number of rotatable bonds is 9. The number of benzene rings is 1. The molecule has 3 rings (SSSR count). The Balaban J connectivity index is 1.45. The van der Waals surface area contributed by atoms with Crippen molar-refractivity contribution in [2.24, 2.45) is 0 Å². The highest BCUT2D eigenvalue weighted by atomic mass is 32.2. The number of thioether (sulfide) groups is 1. The molecule has 1 N–H and O–H groups in total. The summed E-state index contributed by atoms with van der Waals surface area (Å²) in [4.78, 5) is 20.7. The lowest BCUT2D eigenvalue weighted by atomic mass is 10.1. The average Bonchev–Trinajstić information content (AvgIpc) is 3.32. The first kappa shape index (κ1) is 19.6. The van der Waals surface area contributed by atoms with Crippen molar-refractivity contribution in [2.45, 2.75) is 49.0 Å². The Hall–Kier alpha value is -2.12. The SMILES string of the molecule is CCc1cnc(C(C)Sc2cnc(NC(=O)CCCc3ccccc3)s2)o1. The summed E-state index contributed by atoms with van der Waals surface area (Å²) in [5.41, 5.74) is 1.25. The average molecular weight is 402 g/mol. The van der Waals surface area contributed by atoms with Crippen LogP contribution in [0.2, 0.25) is 0 Å². The van der Waals surface area contributed by atoms with Gasteiger partial charge in [0, 0.05) is 12.8 Å². The third kappa shape index (κ3) is 5.94. The lowest BCUT2D eigenvalue weighted by molar-refractivity contribution is -0.116. The minimum Gasteiger partial charge on any atom is -0.445 e. The van der Waals surface area contributed by atoms with Gasteiger partial charge in [-0.3, -0.25) is 4.79 Å². The summed E-state index contributed by atoms with van der Waals surface area (Å²) in [6.45, 7) is 4.09. The van der Waals surface area contributed by atoms with Crippen molar-refractivity contribution >= 4 is 34.1 Å². The second kappa shape index (κ2) is 9.71. The van der Waals surface area contributed by atoms with Gasteiger partial charge < -0.3 is 9.73 Å². The molecule has 0 saturated carbocycles. The van der Waals surface area contributed by atoms with E-state index in [1.165, 1.54) is 16.9 Å². The first-order chi connectivity index (χ1) is 13.1. The zero-order valence-corrected chi connectivity index (χ0v) is 17.1. The molecule has 2 heterocycles. The number of thiazole rings is 1. The first-order valence-electron chi connectivity index (χ1n) is 9.05. The molecule has 0 radical (unpaired) electrons. The third-order valence-corrected chi connectivity index (χ3v) is 6.14. The van der Waals surface area contributed by atoms with E-state index < -0.39 is 0 Å². The molecule has 7 heteroatoms. The number of aromatic nitrogens is 2. The summed E-state index contributed by atoms with van der Waals surface area (Å²) in [6.07, 6.45) is 6.62. The van der Waals surface area contributed by atoms with E-state index in [1.54, 1.807) is 24.2 Å². The van der Waals surface area contributed by atoms with Gasteiger partial charge in [0.2, 0.25) is 11.8 Å². The van der Waals surface area contributed by atoms with Gasteiger partial charge in [-0.25, -0.2) is 9.97 Å². The molecule has 3 aromatic rings. The van der Waals surface area contributed by atoms with E-state index in [9.17, 15) is 4.79 Å². The van der Waals surface area contributed by atoms with E-state index in [0.717, 1.165) is 35.1 Å². The highest BCUT2D eigenvalue weighted by molar-refractivity contribution is 8.01. The molecule has 1 aromatic carbocycles. The molecular formula is C20H23N3O2S2. The van der Waals surface area contributed by atoms with Crippen molar-refractivity contribution in [3.63, 3.8) is 0 Å². The number of anilines is 1. The van der Waals surface area contributed by atoms with Crippen LogP contribution >= 0.6 is 23.1 Å². The van der Waals surface area contributed by atoms with Crippen molar-refractivity contribution in [2.75, 3.05) is 5.32 Å². The summed E-state index contributed by atoms with van der Waals surface area (Å²) >= 11 is 3.11. The Bertz CT molecular complexity index is 861. The predicted octanol–water partition coefficient (Wildman–Crippen LogP) is 5.51. The van der Waals surface area contributed by atoms with E-state index >= 15 is 0 Å². The molecule has 5 nitrogen and oxygen atoms in total. The summed E-state index contributed by atoms with van der Waals surface area (Å²) in [7, 11) is 0. The number of hydrogen-bond acceptors (Lipinski definition) is 6. The van der Waals surface area contributed by atoms with E-state index in [-0.39, 0.29) is 11.2 Å². The number of aryl methyl sites for hydroxylation is 2. The van der Waals surface area contributed by atoms with Crippen LogP contribution < -0.4 is 5.32 Å². The topological polar surface area (TPSA) is 68.0 Å². The minimum atomic E-state index is 0.00479. The van der Waals surface area contributed by atoms with Crippen LogP contribution in [0.25, 0.3) is 0 Å². The molecule has 1 unspecified atom stereocenters. The number of oxazole rings is 1. The smallest absolute Gasteiger partial charge is 0.226 e. The van der Waals surface area contributed by atoms with E-state index in [1.807, 2.05) is 25.1 Å². The number of amides is 1. The minimum absolute atomic E-state index is 0.00479. The normalized spacial score (nSPS) is 12.1. The second-order valence-electron chi connectivity index (χ2n) is 6.15. The van der Waals surface area contributed by atoms with Crippen LogP contribution in [-0.4, -0.2) is 15.9 Å². The largest absolute Gasteiger partial charge is 0.445 e. The zero-order chi connectivity index (χ0) is 19.1. The van der Waals surface area contributed by atoms with Gasteiger partial charge in [0.05, 0.1) is 21.9 Å². The molecule has 0 saturated heterocycles. The fraction of sp³-hybridized carbons (Fsp3) is 0.350. The van der Waals surface area contributed by atoms with Crippen molar-refractivity contribution in [1.29, 1.82) is 0 Å². The van der Waals surface area contributed by atoms with Crippen molar-refractivity contribution in [1.82, 2.24) is 9.97 Å². The molecule has 0 bridgehead atoms. The molecule has 142 valence electrons. The predicted molar refractivity (Wildman–Crippen MR) is 110 cm³/mol. The van der Waals surface area contributed by atoms with Crippen LogP contribution in [0.1, 0.15) is 49.2 Å². The van der Waals surface area contributed by atoms with Gasteiger partial charge in [-0.1, -0.05) is 48.6 Å². The van der Waals surface area contributed by atoms with Crippen molar-refractivity contribution in [3.8, 4) is 0 Å². The van der Waals surface area contributed by atoms with Crippen LogP contribution in [0.5, 0.6) is 0 Å². The molecule has 0 aliphatic rings. The second-order valence-corrected chi connectivity index (χ2v) is 8.82. The van der Waals surface area contributed by atoms with Crippen LogP contribution in [0.15, 0.2) is 51.4 Å². The highest BCUT2D eigenvalue weighted by Gasteiger charge is 2.16. The van der Waals surface area contributed by atoms with Crippen LogP contribution in [0, 0.1) is 0 Å². The summed E-state index contributed by atoms with van der Waals surface area (Å²) < 4.78 is 6.73. The number of nitrogens with zero attached hydrogens (tertiary/aromatic N) is 2. The quantitative estimate of drug-likeness (QED) is 0.479. The number of nitrogens with one attached hydrogen (secondary N) is 1. The summed E-state index contributed by atoms with van der Waals surface area (Å²) in [5, 5.41) is 3.62. The maximum atomic E-state index is 12.1. The standard InChI is InChI=1S/C20H23N3O2S2/c1-3-16-12-21-19(25-16)14(2)26-18-13-22-20(27-18)23-17(24)11-7-10-15-8-5-4-6-9-15/h4-6,8-9,12-14H,3,7,10-11H2,1-2H3,(H,22,23,24). The molecule has 27 heavy (non-hydrogen) atoms. The van der Waals surface area contributed by atoms with Gasteiger partial charge >= 0.3 is 0 Å². The third-order valence-electron chi connectivity index (χ3n) is 4.00. The fourth-order valence-corrected chi connectivity index (χ4v) is 4.65.